The highest BCUT2D eigenvalue weighted by Gasteiger charge is 2.36. The van der Waals surface area contributed by atoms with Gasteiger partial charge in [-0.3, -0.25) is 0 Å². The molecule has 90 valence electrons. The van der Waals surface area contributed by atoms with Gasteiger partial charge in [0.15, 0.2) is 0 Å². The molecule has 0 amide bonds. The summed E-state index contributed by atoms with van der Waals surface area (Å²) in [6.45, 7) is 23.2. The lowest BCUT2D eigenvalue weighted by Crippen LogP contribution is -2.32. The second kappa shape index (κ2) is 3.96. The van der Waals surface area contributed by atoms with E-state index >= 15 is 0 Å². The summed E-state index contributed by atoms with van der Waals surface area (Å²) in [5, 5.41) is 0. The van der Waals surface area contributed by atoms with E-state index in [0.29, 0.717) is 5.41 Å². The van der Waals surface area contributed by atoms with Crippen molar-refractivity contribution in [3.05, 3.63) is 11.1 Å². The molecule has 0 aliphatic rings. The number of rotatable bonds is 1. The van der Waals surface area contributed by atoms with Gasteiger partial charge in [-0.15, -0.1) is 0 Å². The number of hydrogen-bond acceptors (Lipinski definition) is 0. The largest absolute Gasteiger partial charge is 0.0685 e. The van der Waals surface area contributed by atoms with Crippen LogP contribution in [0.3, 0.4) is 0 Å². The summed E-state index contributed by atoms with van der Waals surface area (Å²) in [6.07, 6.45) is 0. The van der Waals surface area contributed by atoms with E-state index in [4.69, 9.17) is 0 Å². The predicted molar refractivity (Wildman–Crippen MR) is 71.1 cm³/mol. The highest BCUT2D eigenvalue weighted by atomic mass is 14.4. The molecule has 0 aliphatic carbocycles. The average molecular weight is 210 g/mol. The molecular weight excluding hydrogens is 180 g/mol. The van der Waals surface area contributed by atoms with E-state index in [1.54, 1.807) is 5.57 Å². The monoisotopic (exact) mass is 210 g/mol. The SMILES string of the molecule is CC(=C(C)C(C)(C)C(C)(C)C)C(C)(C)C. The van der Waals surface area contributed by atoms with Crippen LogP contribution in [0.25, 0.3) is 0 Å². The van der Waals surface area contributed by atoms with E-state index in [2.05, 4.69) is 69.2 Å². The third kappa shape index (κ3) is 3.09. The van der Waals surface area contributed by atoms with Crippen LogP contribution in [0.5, 0.6) is 0 Å². The molecule has 0 spiro atoms. The van der Waals surface area contributed by atoms with Gasteiger partial charge in [0.1, 0.15) is 0 Å². The molecule has 0 N–H and O–H groups in total. The molecule has 0 heteroatoms. The Morgan fingerprint density at radius 2 is 0.933 bits per heavy atom. The second-order valence-electron chi connectivity index (χ2n) is 7.38. The highest BCUT2D eigenvalue weighted by molar-refractivity contribution is 5.23. The fourth-order valence-corrected chi connectivity index (χ4v) is 1.59. The van der Waals surface area contributed by atoms with Gasteiger partial charge in [-0.1, -0.05) is 66.5 Å². The molecule has 0 rings (SSSR count). The van der Waals surface area contributed by atoms with Crippen LogP contribution in [0.15, 0.2) is 11.1 Å². The lowest BCUT2D eigenvalue weighted by Gasteiger charge is -2.42. The smallest absolute Gasteiger partial charge is 0.00962 e. The normalized spacial score (nSPS) is 16.4. The summed E-state index contributed by atoms with van der Waals surface area (Å²) in [5.74, 6) is 0. The minimum absolute atomic E-state index is 0.254. The second-order valence-corrected chi connectivity index (χ2v) is 7.38. The highest BCUT2D eigenvalue weighted by Crippen LogP contribution is 2.46. The third-order valence-electron chi connectivity index (χ3n) is 4.50. The molecule has 0 aliphatic heterocycles. The summed E-state index contributed by atoms with van der Waals surface area (Å²) in [4.78, 5) is 0. The van der Waals surface area contributed by atoms with Crippen molar-refractivity contribution < 1.29 is 0 Å². The Labute approximate surface area is 97.2 Å². The molecule has 0 atom stereocenters. The minimum atomic E-state index is 0.254. The minimum Gasteiger partial charge on any atom is -0.0685 e. The van der Waals surface area contributed by atoms with Gasteiger partial charge in [0.2, 0.25) is 0 Å². The van der Waals surface area contributed by atoms with Crippen LogP contribution in [0.1, 0.15) is 69.2 Å². The van der Waals surface area contributed by atoms with Crippen molar-refractivity contribution in [2.75, 3.05) is 0 Å². The molecule has 0 radical (unpaired) electrons. The Kier molecular flexibility index (Phi) is 3.89. The standard InChI is InChI=1S/C15H30/c1-11(13(3,4)5)12(2)15(9,10)14(6,7)8/h1-10H3. The molecule has 0 aromatic carbocycles. The maximum absolute atomic E-state index is 2.36. The zero-order valence-electron chi connectivity index (χ0n) is 12.5. The van der Waals surface area contributed by atoms with Crippen LogP contribution >= 0.6 is 0 Å². The van der Waals surface area contributed by atoms with Crippen LogP contribution in [0, 0.1) is 16.2 Å². The lowest BCUT2D eigenvalue weighted by atomic mass is 9.63. The number of allylic oxidation sites excluding steroid dienone is 2. The molecule has 0 aromatic heterocycles. The van der Waals surface area contributed by atoms with Crippen LogP contribution in [0.2, 0.25) is 0 Å². The summed E-state index contributed by atoms with van der Waals surface area (Å²) >= 11 is 0. The summed E-state index contributed by atoms with van der Waals surface area (Å²) in [6, 6.07) is 0. The molecule has 0 bridgehead atoms. The van der Waals surface area contributed by atoms with Crippen molar-refractivity contribution in [1.29, 1.82) is 0 Å². The average Bonchev–Trinajstić information content (AvgIpc) is 1.97. The Balaban J connectivity index is 5.44. The van der Waals surface area contributed by atoms with Crippen molar-refractivity contribution in [2.45, 2.75) is 69.2 Å². The Bertz CT molecular complexity index is 251. The van der Waals surface area contributed by atoms with Gasteiger partial charge in [-0.05, 0) is 30.1 Å². The summed E-state index contributed by atoms with van der Waals surface area (Å²) < 4.78 is 0. The van der Waals surface area contributed by atoms with Crippen LogP contribution < -0.4 is 0 Å². The van der Waals surface area contributed by atoms with Crippen molar-refractivity contribution >= 4 is 0 Å². The molecule has 0 saturated carbocycles. The van der Waals surface area contributed by atoms with E-state index in [1.807, 2.05) is 0 Å². The van der Waals surface area contributed by atoms with E-state index in [1.165, 1.54) is 5.57 Å². The van der Waals surface area contributed by atoms with Crippen molar-refractivity contribution in [3.8, 4) is 0 Å². The quantitative estimate of drug-likeness (QED) is 0.505. The molecule has 0 nitrogen and oxygen atoms in total. The van der Waals surface area contributed by atoms with Crippen LogP contribution in [-0.4, -0.2) is 0 Å². The Morgan fingerprint density at radius 3 is 1.13 bits per heavy atom. The molecule has 0 aromatic rings. The van der Waals surface area contributed by atoms with Gasteiger partial charge in [0, 0.05) is 0 Å². The van der Waals surface area contributed by atoms with Crippen molar-refractivity contribution in [1.82, 2.24) is 0 Å². The van der Waals surface area contributed by atoms with E-state index < -0.39 is 0 Å². The Morgan fingerprint density at radius 1 is 0.600 bits per heavy atom. The summed E-state index contributed by atoms with van der Waals surface area (Å²) in [5.41, 5.74) is 3.92. The fourth-order valence-electron chi connectivity index (χ4n) is 1.59. The molecule has 0 saturated heterocycles. The fraction of sp³-hybridized carbons (Fsp3) is 0.867. The van der Waals surface area contributed by atoms with Crippen molar-refractivity contribution in [3.63, 3.8) is 0 Å². The van der Waals surface area contributed by atoms with Gasteiger partial charge < -0.3 is 0 Å². The summed E-state index contributed by atoms with van der Waals surface area (Å²) in [7, 11) is 0. The zero-order chi connectivity index (χ0) is 12.7. The Hall–Kier alpha value is -0.260. The molecular formula is C15H30. The zero-order valence-corrected chi connectivity index (χ0v) is 12.5. The molecule has 0 heterocycles. The first-order chi connectivity index (χ1) is 6.32. The first-order valence-electron chi connectivity index (χ1n) is 6.00. The van der Waals surface area contributed by atoms with Crippen molar-refractivity contribution in [2.24, 2.45) is 16.2 Å². The predicted octanol–water partition coefficient (Wildman–Crippen LogP) is 5.44. The van der Waals surface area contributed by atoms with E-state index in [9.17, 15) is 0 Å². The molecule has 0 unspecified atom stereocenters. The van der Waals surface area contributed by atoms with Gasteiger partial charge in [-0.2, -0.15) is 0 Å². The van der Waals surface area contributed by atoms with Gasteiger partial charge >= 0.3 is 0 Å². The first kappa shape index (κ1) is 14.7. The lowest BCUT2D eigenvalue weighted by molar-refractivity contribution is 0.173. The van der Waals surface area contributed by atoms with Crippen LogP contribution in [0.4, 0.5) is 0 Å². The van der Waals surface area contributed by atoms with Gasteiger partial charge in [-0.25, -0.2) is 0 Å². The topological polar surface area (TPSA) is 0 Å². The van der Waals surface area contributed by atoms with Crippen LogP contribution in [-0.2, 0) is 0 Å². The first-order valence-corrected chi connectivity index (χ1v) is 6.00. The van der Waals surface area contributed by atoms with E-state index in [0.717, 1.165) is 0 Å². The number of hydrogen-bond donors (Lipinski definition) is 0. The molecule has 15 heavy (non-hydrogen) atoms. The van der Waals surface area contributed by atoms with Gasteiger partial charge in [0.05, 0.1) is 0 Å². The van der Waals surface area contributed by atoms with E-state index in [-0.39, 0.29) is 10.8 Å². The maximum atomic E-state index is 2.36. The third-order valence-corrected chi connectivity index (χ3v) is 4.50. The maximum Gasteiger partial charge on any atom is -0.00962 e. The van der Waals surface area contributed by atoms with Gasteiger partial charge in [0.25, 0.3) is 0 Å². The molecule has 0 fully saturated rings.